The number of rotatable bonds is 2. The predicted molar refractivity (Wildman–Crippen MR) is 85.1 cm³/mol. The van der Waals surface area contributed by atoms with Crippen molar-refractivity contribution < 1.29 is 8.42 Å². The minimum Gasteiger partial charge on any atom is -0.206 e. The third-order valence-electron chi connectivity index (χ3n) is 3.26. The van der Waals surface area contributed by atoms with Gasteiger partial charge in [0, 0.05) is 12.3 Å². The Bertz CT molecular complexity index is 550. The fourth-order valence-electron chi connectivity index (χ4n) is 2.03. The smallest absolute Gasteiger partial charge is 0.206 e. The highest BCUT2D eigenvalue weighted by molar-refractivity contribution is 8.08. The maximum atomic E-state index is 12.6. The van der Waals surface area contributed by atoms with Crippen molar-refractivity contribution in [3.05, 3.63) is 42.0 Å². The van der Waals surface area contributed by atoms with E-state index in [2.05, 4.69) is 6.08 Å². The highest BCUT2D eigenvalue weighted by atomic mass is 32.3. The predicted octanol–water partition coefficient (Wildman–Crippen LogP) is 3.76. The number of sulfonamides is 1. The van der Waals surface area contributed by atoms with Crippen LogP contribution in [-0.4, -0.2) is 24.4 Å². The van der Waals surface area contributed by atoms with Crippen LogP contribution in [0.2, 0.25) is 0 Å². The highest BCUT2D eigenvalue weighted by Crippen LogP contribution is 2.25. The van der Waals surface area contributed by atoms with Gasteiger partial charge in [0.05, 0.1) is 4.90 Å². The molecule has 0 unspecified atom stereocenters. The van der Waals surface area contributed by atoms with E-state index in [-0.39, 0.29) is 0 Å². The summed E-state index contributed by atoms with van der Waals surface area (Å²) in [6, 6.07) is 7.06. The van der Waals surface area contributed by atoms with Gasteiger partial charge >= 0.3 is 0 Å². The molecule has 1 aliphatic rings. The maximum absolute atomic E-state index is 12.6. The molecule has 3 nitrogen and oxygen atoms in total. The van der Waals surface area contributed by atoms with Gasteiger partial charge in [-0.25, -0.2) is 8.42 Å². The number of hydrogen-bond donors (Lipinski definition) is 0. The summed E-state index contributed by atoms with van der Waals surface area (Å²) in [6.45, 7) is 2.40. The van der Waals surface area contributed by atoms with Gasteiger partial charge in [-0.2, -0.15) is 0 Å². The summed E-state index contributed by atoms with van der Waals surface area (Å²) < 4.78 is 26.8. The van der Waals surface area contributed by atoms with Crippen LogP contribution in [0.5, 0.6) is 0 Å². The van der Waals surface area contributed by atoms with Crippen molar-refractivity contribution in [2.24, 2.45) is 0 Å². The lowest BCUT2D eigenvalue weighted by molar-refractivity contribution is 0.554. The van der Waals surface area contributed by atoms with Crippen LogP contribution in [0.1, 0.15) is 31.2 Å². The largest absolute Gasteiger partial charge is 0.252 e. The minimum atomic E-state index is -3.40. The van der Waals surface area contributed by atoms with Crippen molar-refractivity contribution in [1.29, 1.82) is 0 Å². The van der Waals surface area contributed by atoms with Crippen molar-refractivity contribution in [3.63, 3.8) is 0 Å². The monoisotopic (exact) mass is 311 g/mol. The molecule has 110 valence electrons. The van der Waals surface area contributed by atoms with E-state index in [0.717, 1.165) is 30.6 Å². The first-order valence-corrected chi connectivity index (χ1v) is 9.36. The molecule has 1 aromatic carbocycles. The van der Waals surface area contributed by atoms with Crippen LogP contribution in [0, 0.1) is 6.92 Å². The molecular formula is C15H21NO2S2. The van der Waals surface area contributed by atoms with E-state index in [1.807, 2.05) is 25.1 Å². The molecule has 1 heterocycles. The third-order valence-corrected chi connectivity index (χ3v) is 6.62. The Balaban J connectivity index is 2.20. The van der Waals surface area contributed by atoms with Crippen LogP contribution in [0.4, 0.5) is 0 Å². The molecule has 5 heteroatoms. The first-order valence-electron chi connectivity index (χ1n) is 6.98. The van der Waals surface area contributed by atoms with Crippen LogP contribution in [0.15, 0.2) is 41.3 Å². The van der Waals surface area contributed by atoms with Crippen molar-refractivity contribution in [2.45, 2.75) is 37.5 Å². The number of hydrogen-bond acceptors (Lipinski definition) is 3. The van der Waals surface area contributed by atoms with Crippen LogP contribution in [0.25, 0.3) is 0 Å². The molecule has 1 aliphatic heterocycles. The van der Waals surface area contributed by atoms with Crippen LogP contribution < -0.4 is 0 Å². The van der Waals surface area contributed by atoms with Crippen LogP contribution in [0.3, 0.4) is 0 Å². The molecule has 0 atom stereocenters. The second-order valence-corrected chi connectivity index (χ2v) is 8.16. The molecule has 0 saturated heterocycles. The van der Waals surface area contributed by atoms with E-state index in [1.165, 1.54) is 22.1 Å². The normalized spacial score (nSPS) is 20.4. The van der Waals surface area contributed by atoms with Gasteiger partial charge in [0.2, 0.25) is 0 Å². The van der Waals surface area contributed by atoms with Crippen LogP contribution >= 0.6 is 11.9 Å². The van der Waals surface area contributed by atoms with Gasteiger partial charge in [-0.1, -0.05) is 48.2 Å². The zero-order chi connectivity index (χ0) is 14.4. The van der Waals surface area contributed by atoms with Crippen molar-refractivity contribution in [3.8, 4) is 0 Å². The lowest BCUT2D eigenvalue weighted by atomic mass is 10.2. The summed E-state index contributed by atoms with van der Waals surface area (Å²) >= 11 is 1.42. The molecule has 0 aliphatic carbocycles. The molecule has 20 heavy (non-hydrogen) atoms. The lowest BCUT2D eigenvalue weighted by Crippen LogP contribution is -2.25. The fourth-order valence-corrected chi connectivity index (χ4v) is 4.80. The van der Waals surface area contributed by atoms with Crippen LogP contribution in [-0.2, 0) is 10.0 Å². The number of aryl methyl sites for hydroxylation is 1. The second kappa shape index (κ2) is 7.29. The Morgan fingerprint density at radius 2 is 1.80 bits per heavy atom. The van der Waals surface area contributed by atoms with Crippen molar-refractivity contribution in [2.75, 3.05) is 12.3 Å². The Morgan fingerprint density at radius 1 is 1.05 bits per heavy atom. The van der Waals surface area contributed by atoms with Gasteiger partial charge in [0.25, 0.3) is 10.0 Å². The molecule has 1 aromatic rings. The first-order chi connectivity index (χ1) is 9.60. The van der Waals surface area contributed by atoms with E-state index in [0.29, 0.717) is 11.4 Å². The second-order valence-electron chi connectivity index (χ2n) is 4.96. The SMILES string of the molecule is Cc1ccc(S(=O)(=O)N2C/C=C/CCCCCS2)cc1. The Kier molecular flexibility index (Phi) is 5.69. The van der Waals surface area contributed by atoms with Gasteiger partial charge in [0.1, 0.15) is 0 Å². The summed E-state index contributed by atoms with van der Waals surface area (Å²) in [4.78, 5) is 0.376. The molecule has 0 radical (unpaired) electrons. The fraction of sp³-hybridized carbons (Fsp3) is 0.467. The van der Waals surface area contributed by atoms with Gasteiger partial charge in [0.15, 0.2) is 0 Å². The average molecular weight is 311 g/mol. The standard InChI is InChI=1S/C15H21NO2S2/c1-14-8-10-15(11-9-14)20(17,18)16-12-6-4-2-3-5-7-13-19-16/h4,6,8-11H,2-3,5,7,12-13H2,1H3/b6-4+. The van der Waals surface area contributed by atoms with Crippen molar-refractivity contribution >= 4 is 22.0 Å². The molecular weight excluding hydrogens is 290 g/mol. The average Bonchev–Trinajstić information content (AvgIpc) is 2.45. The first kappa shape index (κ1) is 15.6. The highest BCUT2D eigenvalue weighted by Gasteiger charge is 2.24. The number of nitrogens with zero attached hydrogens (tertiary/aromatic N) is 1. The molecule has 0 fully saturated rings. The van der Waals surface area contributed by atoms with E-state index < -0.39 is 10.0 Å². The zero-order valence-electron chi connectivity index (χ0n) is 11.8. The van der Waals surface area contributed by atoms with E-state index in [4.69, 9.17) is 0 Å². The number of allylic oxidation sites excluding steroid dienone is 1. The molecule has 0 N–H and O–H groups in total. The zero-order valence-corrected chi connectivity index (χ0v) is 13.4. The topological polar surface area (TPSA) is 37.4 Å². The van der Waals surface area contributed by atoms with Crippen molar-refractivity contribution in [1.82, 2.24) is 3.71 Å². The van der Waals surface area contributed by atoms with E-state index in [9.17, 15) is 8.42 Å². The van der Waals surface area contributed by atoms with Gasteiger partial charge < -0.3 is 0 Å². The molecule has 0 bridgehead atoms. The molecule has 2 rings (SSSR count). The molecule has 0 amide bonds. The quantitative estimate of drug-likeness (QED) is 0.616. The maximum Gasteiger partial charge on any atom is 0.252 e. The molecule has 0 spiro atoms. The minimum absolute atomic E-state index is 0.376. The summed E-state index contributed by atoms with van der Waals surface area (Å²) in [6.07, 6.45) is 8.52. The van der Waals surface area contributed by atoms with Gasteiger partial charge in [-0.05, 0) is 38.3 Å². The Hall–Kier alpha value is -0.780. The summed E-state index contributed by atoms with van der Waals surface area (Å²) in [7, 11) is -3.40. The molecule has 0 saturated carbocycles. The third kappa shape index (κ3) is 4.11. The molecule has 0 aromatic heterocycles. The van der Waals surface area contributed by atoms with Gasteiger partial charge in [-0.15, -0.1) is 3.71 Å². The van der Waals surface area contributed by atoms with Gasteiger partial charge in [-0.3, -0.25) is 0 Å². The Labute approximate surface area is 126 Å². The van der Waals surface area contributed by atoms with E-state index in [1.54, 1.807) is 12.1 Å². The summed E-state index contributed by atoms with van der Waals surface area (Å²) in [5.74, 6) is 0.860. The lowest BCUT2D eigenvalue weighted by Gasteiger charge is -2.20. The summed E-state index contributed by atoms with van der Waals surface area (Å²) in [5, 5.41) is 0. The number of benzene rings is 1. The summed E-state index contributed by atoms with van der Waals surface area (Å²) in [5.41, 5.74) is 1.07. The van der Waals surface area contributed by atoms with E-state index >= 15 is 0 Å². The Morgan fingerprint density at radius 3 is 2.55 bits per heavy atom.